The van der Waals surface area contributed by atoms with E-state index >= 15 is 0 Å². The van der Waals surface area contributed by atoms with Crippen molar-refractivity contribution < 1.29 is 14.3 Å². The van der Waals surface area contributed by atoms with E-state index in [1.165, 1.54) is 0 Å². The number of fused-ring (bicyclic) bond motifs is 1. The lowest BCUT2D eigenvalue weighted by Gasteiger charge is -2.11. The molecule has 1 aromatic carbocycles. The van der Waals surface area contributed by atoms with Crippen LogP contribution in [-0.4, -0.2) is 25.2 Å². The van der Waals surface area contributed by atoms with E-state index in [0.717, 1.165) is 16.7 Å². The molecule has 84 valence electrons. The molecule has 0 spiro atoms. The maximum atomic E-state index is 10.6. The van der Waals surface area contributed by atoms with Crippen LogP contribution in [-0.2, 0) is 11.2 Å². The van der Waals surface area contributed by atoms with Gasteiger partial charge in [-0.2, -0.15) is 0 Å². The van der Waals surface area contributed by atoms with Crippen LogP contribution in [0.15, 0.2) is 28.7 Å². The number of hydrogen-bond acceptors (Lipinski definition) is 3. The zero-order chi connectivity index (χ0) is 11.7. The number of rotatable bonds is 3. The van der Waals surface area contributed by atoms with Gasteiger partial charge in [-0.25, -0.2) is 0 Å². The van der Waals surface area contributed by atoms with Gasteiger partial charge in [0.15, 0.2) is 0 Å². The normalized spacial score (nSPS) is 10.6. The van der Waals surface area contributed by atoms with Gasteiger partial charge in [0.2, 0.25) is 0 Å². The first-order chi connectivity index (χ1) is 7.56. The Morgan fingerprint density at radius 3 is 2.75 bits per heavy atom. The summed E-state index contributed by atoms with van der Waals surface area (Å²) >= 11 is 0. The fourth-order valence-electron chi connectivity index (χ4n) is 1.59. The molecule has 0 atom stereocenters. The smallest absolute Gasteiger partial charge is 0.311 e. The molecule has 1 heterocycles. The van der Waals surface area contributed by atoms with Crippen molar-refractivity contribution >= 4 is 22.6 Å². The lowest BCUT2D eigenvalue weighted by atomic mass is 10.2. The number of furan rings is 1. The maximum Gasteiger partial charge on any atom is 0.311 e. The molecule has 0 amide bonds. The lowest BCUT2D eigenvalue weighted by Crippen LogP contribution is -2.07. The molecule has 1 N–H and O–H groups in total. The molecule has 0 saturated carbocycles. The third kappa shape index (κ3) is 2.00. The molecule has 0 bridgehead atoms. The molecule has 0 unspecified atom stereocenters. The summed E-state index contributed by atoms with van der Waals surface area (Å²) in [5.41, 5.74) is 1.76. The van der Waals surface area contributed by atoms with Crippen LogP contribution in [0, 0.1) is 0 Å². The Hall–Kier alpha value is -1.97. The van der Waals surface area contributed by atoms with Crippen LogP contribution < -0.4 is 4.90 Å². The third-order valence-electron chi connectivity index (χ3n) is 2.40. The topological polar surface area (TPSA) is 53.7 Å². The summed E-state index contributed by atoms with van der Waals surface area (Å²) in [6.45, 7) is 0. The molecule has 4 nitrogen and oxygen atoms in total. The summed E-state index contributed by atoms with van der Waals surface area (Å²) in [7, 11) is 3.89. The number of benzene rings is 1. The first-order valence-corrected chi connectivity index (χ1v) is 4.98. The van der Waals surface area contributed by atoms with Gasteiger partial charge >= 0.3 is 5.97 Å². The Kier molecular flexibility index (Phi) is 2.56. The van der Waals surface area contributed by atoms with Crippen molar-refractivity contribution in [3.05, 3.63) is 30.0 Å². The van der Waals surface area contributed by atoms with Crippen LogP contribution >= 0.6 is 0 Å². The molecule has 0 aliphatic carbocycles. The number of aliphatic carboxylic acids is 1. The quantitative estimate of drug-likeness (QED) is 0.859. The SMILES string of the molecule is CN(C)c1ccc2cc(CC(=O)O)oc2c1. The average Bonchev–Trinajstić information content (AvgIpc) is 2.56. The Bertz CT molecular complexity index is 528. The lowest BCUT2D eigenvalue weighted by molar-refractivity contribution is -0.136. The van der Waals surface area contributed by atoms with Crippen molar-refractivity contribution in [3.63, 3.8) is 0 Å². The largest absolute Gasteiger partial charge is 0.481 e. The van der Waals surface area contributed by atoms with Crippen LogP contribution in [0.4, 0.5) is 5.69 Å². The molecule has 16 heavy (non-hydrogen) atoms. The molecular formula is C12H13NO3. The van der Waals surface area contributed by atoms with Crippen molar-refractivity contribution in [2.45, 2.75) is 6.42 Å². The minimum atomic E-state index is -0.883. The molecule has 0 fully saturated rings. The van der Waals surface area contributed by atoms with Crippen LogP contribution in [0.1, 0.15) is 5.76 Å². The van der Waals surface area contributed by atoms with Crippen molar-refractivity contribution in [2.75, 3.05) is 19.0 Å². The number of hydrogen-bond donors (Lipinski definition) is 1. The van der Waals surface area contributed by atoms with Crippen molar-refractivity contribution in [1.82, 2.24) is 0 Å². The summed E-state index contributed by atoms with van der Waals surface area (Å²) in [5.74, 6) is -0.398. The highest BCUT2D eigenvalue weighted by molar-refractivity contribution is 5.83. The Morgan fingerprint density at radius 1 is 1.38 bits per heavy atom. The van der Waals surface area contributed by atoms with Gasteiger partial charge in [0.25, 0.3) is 0 Å². The van der Waals surface area contributed by atoms with Crippen LogP contribution in [0.5, 0.6) is 0 Å². The van der Waals surface area contributed by atoms with Gasteiger partial charge in [0, 0.05) is 31.2 Å². The van der Waals surface area contributed by atoms with Gasteiger partial charge in [-0.1, -0.05) is 0 Å². The monoisotopic (exact) mass is 219 g/mol. The van der Waals surface area contributed by atoms with Gasteiger partial charge in [-0.15, -0.1) is 0 Å². The number of anilines is 1. The first-order valence-electron chi connectivity index (χ1n) is 4.98. The molecule has 0 radical (unpaired) electrons. The molecule has 0 aliphatic heterocycles. The van der Waals surface area contributed by atoms with E-state index in [1.54, 1.807) is 6.07 Å². The highest BCUT2D eigenvalue weighted by atomic mass is 16.4. The maximum absolute atomic E-state index is 10.6. The predicted octanol–water partition coefficient (Wildman–Crippen LogP) is 2.13. The minimum Gasteiger partial charge on any atom is -0.481 e. The average molecular weight is 219 g/mol. The summed E-state index contributed by atoms with van der Waals surface area (Å²) in [6.07, 6.45) is -0.0774. The third-order valence-corrected chi connectivity index (χ3v) is 2.40. The van der Waals surface area contributed by atoms with Gasteiger partial charge < -0.3 is 14.4 Å². The summed E-state index contributed by atoms with van der Waals surface area (Å²) in [4.78, 5) is 12.5. The van der Waals surface area contributed by atoms with Gasteiger partial charge in [-0.05, 0) is 18.2 Å². The predicted molar refractivity (Wildman–Crippen MR) is 61.9 cm³/mol. The highest BCUT2D eigenvalue weighted by Crippen LogP contribution is 2.24. The van der Waals surface area contributed by atoms with Gasteiger partial charge in [0.05, 0.1) is 0 Å². The molecule has 4 heteroatoms. The summed E-state index contributed by atoms with van der Waals surface area (Å²) in [6, 6.07) is 7.57. The number of carbonyl (C=O) groups is 1. The van der Waals surface area contributed by atoms with Crippen LogP contribution in [0.3, 0.4) is 0 Å². The van der Waals surface area contributed by atoms with Gasteiger partial charge in [0.1, 0.15) is 17.8 Å². The second-order valence-electron chi connectivity index (χ2n) is 3.90. The number of carboxylic acids is 1. The highest BCUT2D eigenvalue weighted by Gasteiger charge is 2.08. The van der Waals surface area contributed by atoms with Crippen molar-refractivity contribution in [3.8, 4) is 0 Å². The molecule has 0 saturated heterocycles. The van der Waals surface area contributed by atoms with E-state index in [2.05, 4.69) is 0 Å². The van der Waals surface area contributed by atoms with Crippen LogP contribution in [0.2, 0.25) is 0 Å². The second kappa shape index (κ2) is 3.89. The van der Waals surface area contributed by atoms with Crippen molar-refractivity contribution in [2.24, 2.45) is 0 Å². The summed E-state index contributed by atoms with van der Waals surface area (Å²) < 4.78 is 5.46. The minimum absolute atomic E-state index is 0.0774. The zero-order valence-electron chi connectivity index (χ0n) is 9.23. The Morgan fingerprint density at radius 2 is 2.12 bits per heavy atom. The second-order valence-corrected chi connectivity index (χ2v) is 3.90. The fourth-order valence-corrected chi connectivity index (χ4v) is 1.59. The van der Waals surface area contributed by atoms with Gasteiger partial charge in [-0.3, -0.25) is 4.79 Å². The standard InChI is InChI=1S/C12H13NO3/c1-13(2)9-4-3-8-5-10(7-12(14)15)16-11(8)6-9/h3-6H,7H2,1-2H3,(H,14,15). The zero-order valence-corrected chi connectivity index (χ0v) is 9.23. The molecule has 2 rings (SSSR count). The van der Waals surface area contributed by atoms with E-state index < -0.39 is 5.97 Å². The van der Waals surface area contributed by atoms with E-state index in [-0.39, 0.29) is 6.42 Å². The van der Waals surface area contributed by atoms with E-state index in [4.69, 9.17) is 9.52 Å². The Labute approximate surface area is 93.1 Å². The van der Waals surface area contributed by atoms with E-state index in [1.807, 2.05) is 37.2 Å². The molecular weight excluding hydrogens is 206 g/mol. The van der Waals surface area contributed by atoms with Crippen LogP contribution in [0.25, 0.3) is 11.0 Å². The molecule has 1 aromatic heterocycles. The van der Waals surface area contributed by atoms with E-state index in [9.17, 15) is 4.79 Å². The summed E-state index contributed by atoms with van der Waals surface area (Å²) in [5, 5.41) is 9.60. The number of nitrogens with zero attached hydrogens (tertiary/aromatic N) is 1. The van der Waals surface area contributed by atoms with E-state index in [0.29, 0.717) is 5.76 Å². The first kappa shape index (κ1) is 10.5. The number of carboxylic acid groups (broad SMARTS) is 1. The fraction of sp³-hybridized carbons (Fsp3) is 0.250. The van der Waals surface area contributed by atoms with Crippen molar-refractivity contribution in [1.29, 1.82) is 0 Å². The Balaban J connectivity index is 2.41. The molecule has 0 aliphatic rings. The molecule has 2 aromatic rings.